The van der Waals surface area contributed by atoms with Crippen molar-refractivity contribution in [2.24, 2.45) is 11.3 Å². The molecule has 1 amide bonds. The largest absolute Gasteiger partial charge is 0.481 e. The van der Waals surface area contributed by atoms with E-state index in [0.29, 0.717) is 13.1 Å². The molecule has 0 aromatic rings. The van der Waals surface area contributed by atoms with Gasteiger partial charge in [-0.2, -0.15) is 0 Å². The number of carboxylic acids is 1. The van der Waals surface area contributed by atoms with E-state index in [1.54, 1.807) is 0 Å². The molecule has 0 radical (unpaired) electrons. The summed E-state index contributed by atoms with van der Waals surface area (Å²) < 4.78 is 0. The van der Waals surface area contributed by atoms with E-state index in [-0.39, 0.29) is 29.7 Å². The molecule has 2 fully saturated rings. The number of aliphatic carboxylic acids is 1. The third-order valence-electron chi connectivity index (χ3n) is 4.44. The molecule has 0 aliphatic carbocycles. The molecule has 2 aliphatic rings. The summed E-state index contributed by atoms with van der Waals surface area (Å²) in [5.41, 5.74) is -0.0137. The number of carbonyl (C=O) groups is 2. The lowest BCUT2D eigenvalue weighted by Crippen LogP contribution is -2.56. The average Bonchev–Trinajstić information content (AvgIpc) is 2.75. The molecule has 2 atom stereocenters. The molecular weight excluding hydrogens is 244 g/mol. The van der Waals surface area contributed by atoms with Crippen LogP contribution < -0.4 is 5.32 Å². The van der Waals surface area contributed by atoms with Crippen molar-refractivity contribution in [2.45, 2.75) is 45.6 Å². The molecule has 2 aliphatic heterocycles. The monoisotopic (exact) mass is 268 g/mol. The number of piperidine rings is 1. The molecule has 2 heterocycles. The van der Waals surface area contributed by atoms with Crippen LogP contribution in [0.15, 0.2) is 0 Å². The predicted octanol–water partition coefficient (Wildman–Crippen LogP) is 1.09. The van der Waals surface area contributed by atoms with Crippen LogP contribution in [0, 0.1) is 11.3 Å². The minimum Gasteiger partial charge on any atom is -0.481 e. The van der Waals surface area contributed by atoms with Gasteiger partial charge < -0.3 is 15.3 Å². The van der Waals surface area contributed by atoms with E-state index in [2.05, 4.69) is 19.2 Å². The lowest BCUT2D eigenvalue weighted by Gasteiger charge is -2.40. The summed E-state index contributed by atoms with van der Waals surface area (Å²) in [7, 11) is 0. The molecule has 0 aromatic carbocycles. The second-order valence-corrected chi connectivity index (χ2v) is 6.52. The molecule has 2 rings (SSSR count). The molecule has 0 aromatic heterocycles. The third-order valence-corrected chi connectivity index (χ3v) is 4.44. The predicted molar refractivity (Wildman–Crippen MR) is 71.7 cm³/mol. The highest BCUT2D eigenvalue weighted by Crippen LogP contribution is 2.32. The zero-order valence-electron chi connectivity index (χ0n) is 11.8. The first-order chi connectivity index (χ1) is 8.90. The molecule has 2 saturated heterocycles. The van der Waals surface area contributed by atoms with Crippen molar-refractivity contribution in [3.05, 3.63) is 0 Å². The van der Waals surface area contributed by atoms with E-state index in [4.69, 9.17) is 5.11 Å². The van der Waals surface area contributed by atoms with E-state index in [1.165, 1.54) is 0 Å². The van der Waals surface area contributed by atoms with Crippen LogP contribution in [0.4, 0.5) is 0 Å². The van der Waals surface area contributed by atoms with E-state index in [1.807, 2.05) is 4.90 Å². The van der Waals surface area contributed by atoms with Crippen LogP contribution in [0.2, 0.25) is 0 Å². The summed E-state index contributed by atoms with van der Waals surface area (Å²) in [5, 5.41) is 12.1. The van der Waals surface area contributed by atoms with Crippen LogP contribution in [-0.2, 0) is 9.59 Å². The number of nitrogens with zero attached hydrogens (tertiary/aromatic N) is 1. The number of amides is 1. The summed E-state index contributed by atoms with van der Waals surface area (Å²) in [5.74, 6) is -0.499. The Kier molecular flexibility index (Phi) is 4.13. The van der Waals surface area contributed by atoms with Crippen molar-refractivity contribution in [3.63, 3.8) is 0 Å². The Bertz CT molecular complexity index is 368. The van der Waals surface area contributed by atoms with E-state index in [0.717, 1.165) is 25.8 Å². The lowest BCUT2D eigenvalue weighted by molar-refractivity contribution is -0.139. The third kappa shape index (κ3) is 3.26. The van der Waals surface area contributed by atoms with Gasteiger partial charge in [-0.05, 0) is 37.1 Å². The molecule has 2 N–H and O–H groups in total. The van der Waals surface area contributed by atoms with Crippen molar-refractivity contribution < 1.29 is 14.7 Å². The van der Waals surface area contributed by atoms with Gasteiger partial charge in [-0.25, -0.2) is 0 Å². The minimum atomic E-state index is -0.768. The van der Waals surface area contributed by atoms with Crippen molar-refractivity contribution in [3.8, 4) is 0 Å². The molecular formula is C14H24N2O3. The minimum absolute atomic E-state index is 0.0137. The molecule has 108 valence electrons. The maximum absolute atomic E-state index is 12.6. The van der Waals surface area contributed by atoms with Gasteiger partial charge in [-0.1, -0.05) is 13.8 Å². The Balaban J connectivity index is 1.95. The number of carbonyl (C=O) groups excluding carboxylic acids is 1. The van der Waals surface area contributed by atoms with Crippen LogP contribution in [-0.4, -0.2) is 47.6 Å². The highest BCUT2D eigenvalue weighted by molar-refractivity contribution is 5.83. The van der Waals surface area contributed by atoms with E-state index in [9.17, 15) is 9.59 Å². The van der Waals surface area contributed by atoms with Gasteiger partial charge in [-0.15, -0.1) is 0 Å². The van der Waals surface area contributed by atoms with Gasteiger partial charge in [-0.3, -0.25) is 9.59 Å². The number of rotatable bonds is 3. The van der Waals surface area contributed by atoms with Gasteiger partial charge in [0.2, 0.25) is 5.91 Å². The van der Waals surface area contributed by atoms with E-state index < -0.39 is 5.97 Å². The van der Waals surface area contributed by atoms with Crippen LogP contribution in [0.1, 0.15) is 39.5 Å². The van der Waals surface area contributed by atoms with Gasteiger partial charge in [0.05, 0.1) is 6.04 Å². The average molecular weight is 268 g/mol. The van der Waals surface area contributed by atoms with Crippen LogP contribution in [0.5, 0.6) is 0 Å². The van der Waals surface area contributed by atoms with Gasteiger partial charge in [0.25, 0.3) is 0 Å². The molecule has 0 bridgehead atoms. The van der Waals surface area contributed by atoms with Crippen LogP contribution >= 0.6 is 0 Å². The Labute approximate surface area is 114 Å². The van der Waals surface area contributed by atoms with E-state index >= 15 is 0 Å². The zero-order valence-corrected chi connectivity index (χ0v) is 11.8. The number of carboxylic acid groups (broad SMARTS) is 1. The van der Waals surface area contributed by atoms with Crippen molar-refractivity contribution in [1.82, 2.24) is 10.2 Å². The van der Waals surface area contributed by atoms with Gasteiger partial charge in [0.15, 0.2) is 0 Å². The maximum atomic E-state index is 12.6. The van der Waals surface area contributed by atoms with Gasteiger partial charge in [0.1, 0.15) is 0 Å². The topological polar surface area (TPSA) is 69.6 Å². The molecule has 0 saturated carbocycles. The fourth-order valence-electron chi connectivity index (χ4n) is 3.26. The zero-order chi connectivity index (χ0) is 14.0. The van der Waals surface area contributed by atoms with Crippen LogP contribution in [0.25, 0.3) is 0 Å². The highest BCUT2D eigenvalue weighted by Gasteiger charge is 2.40. The number of hydrogen-bond donors (Lipinski definition) is 2. The SMILES string of the molecule is CC1(C)CCCNC1C(=O)N1CCC(CC(=O)O)C1. The summed E-state index contributed by atoms with van der Waals surface area (Å²) in [6.07, 6.45) is 3.15. The summed E-state index contributed by atoms with van der Waals surface area (Å²) in [6.45, 7) is 6.45. The van der Waals surface area contributed by atoms with Crippen LogP contribution in [0.3, 0.4) is 0 Å². The Morgan fingerprint density at radius 1 is 1.42 bits per heavy atom. The first-order valence-corrected chi connectivity index (χ1v) is 7.14. The van der Waals surface area contributed by atoms with Crippen molar-refractivity contribution >= 4 is 11.9 Å². The lowest BCUT2D eigenvalue weighted by atomic mass is 9.77. The Morgan fingerprint density at radius 3 is 2.79 bits per heavy atom. The Hall–Kier alpha value is -1.10. The number of likely N-dealkylation sites (tertiary alicyclic amines) is 1. The fourth-order valence-corrected chi connectivity index (χ4v) is 3.26. The number of hydrogen-bond acceptors (Lipinski definition) is 3. The first-order valence-electron chi connectivity index (χ1n) is 7.14. The maximum Gasteiger partial charge on any atom is 0.303 e. The number of nitrogens with one attached hydrogen (secondary N) is 1. The standard InChI is InChI=1S/C14H24N2O3/c1-14(2)5-3-6-15-12(14)13(19)16-7-4-10(9-16)8-11(17)18/h10,12,15H,3-9H2,1-2H3,(H,17,18). The summed E-state index contributed by atoms with van der Waals surface area (Å²) >= 11 is 0. The second-order valence-electron chi connectivity index (χ2n) is 6.52. The van der Waals surface area contributed by atoms with Crippen molar-refractivity contribution in [1.29, 1.82) is 0 Å². The van der Waals surface area contributed by atoms with Crippen molar-refractivity contribution in [2.75, 3.05) is 19.6 Å². The normalized spacial score (nSPS) is 30.3. The molecule has 5 heteroatoms. The first kappa shape index (κ1) is 14.3. The molecule has 2 unspecified atom stereocenters. The smallest absolute Gasteiger partial charge is 0.303 e. The molecule has 0 spiro atoms. The Morgan fingerprint density at radius 2 is 2.16 bits per heavy atom. The van der Waals surface area contributed by atoms with Gasteiger partial charge >= 0.3 is 5.97 Å². The molecule has 19 heavy (non-hydrogen) atoms. The molecule has 5 nitrogen and oxygen atoms in total. The highest BCUT2D eigenvalue weighted by atomic mass is 16.4. The summed E-state index contributed by atoms with van der Waals surface area (Å²) in [6, 6.07) is -0.121. The quantitative estimate of drug-likeness (QED) is 0.804. The fraction of sp³-hybridized carbons (Fsp3) is 0.857. The summed E-state index contributed by atoms with van der Waals surface area (Å²) in [4.78, 5) is 25.1. The van der Waals surface area contributed by atoms with Gasteiger partial charge in [0, 0.05) is 19.5 Å². The second kappa shape index (κ2) is 5.49.